The standard InChI is InChI=1S/C17H18N2O4S/c1-23-16-6-3-2-5-15(16)18-24(21,22)14-9-7-13(8-10-14)17(20)19-11-4-12-19/h2-3,5-10,18H,4,11-12H2,1H3. The SMILES string of the molecule is COc1ccccc1NS(=O)(=O)c1ccc(C(=O)N2CCC2)cc1. The zero-order valence-corrected chi connectivity index (χ0v) is 14.0. The maximum absolute atomic E-state index is 12.5. The van der Waals surface area contributed by atoms with E-state index in [1.165, 1.54) is 31.4 Å². The Morgan fingerprint density at radius 2 is 1.75 bits per heavy atom. The molecule has 7 heteroatoms. The van der Waals surface area contributed by atoms with Crippen LogP contribution >= 0.6 is 0 Å². The van der Waals surface area contributed by atoms with Gasteiger partial charge in [0.05, 0.1) is 17.7 Å². The molecule has 24 heavy (non-hydrogen) atoms. The van der Waals surface area contributed by atoms with Crippen molar-refractivity contribution >= 4 is 21.6 Å². The Morgan fingerprint density at radius 1 is 1.08 bits per heavy atom. The number of amides is 1. The third-order valence-electron chi connectivity index (χ3n) is 3.91. The fraction of sp³-hybridized carbons (Fsp3) is 0.235. The number of anilines is 1. The van der Waals surface area contributed by atoms with Crippen LogP contribution in [0, 0.1) is 0 Å². The Kier molecular flexibility index (Phi) is 4.44. The molecule has 1 N–H and O–H groups in total. The molecule has 2 aromatic rings. The van der Waals surface area contributed by atoms with E-state index in [1.54, 1.807) is 29.2 Å². The van der Waals surface area contributed by atoms with Gasteiger partial charge in [-0.05, 0) is 42.8 Å². The number of likely N-dealkylation sites (tertiary alicyclic amines) is 1. The van der Waals surface area contributed by atoms with E-state index in [1.807, 2.05) is 0 Å². The van der Waals surface area contributed by atoms with E-state index in [2.05, 4.69) is 4.72 Å². The highest BCUT2D eigenvalue weighted by Crippen LogP contribution is 2.26. The molecule has 0 unspecified atom stereocenters. The summed E-state index contributed by atoms with van der Waals surface area (Å²) in [6.07, 6.45) is 1.01. The van der Waals surface area contributed by atoms with Crippen molar-refractivity contribution in [1.82, 2.24) is 4.90 Å². The summed E-state index contributed by atoms with van der Waals surface area (Å²) in [5.41, 5.74) is 0.853. The van der Waals surface area contributed by atoms with Crippen molar-refractivity contribution in [3.63, 3.8) is 0 Å². The van der Waals surface area contributed by atoms with Crippen LogP contribution in [0.15, 0.2) is 53.4 Å². The molecule has 0 aliphatic carbocycles. The minimum atomic E-state index is -3.76. The van der Waals surface area contributed by atoms with Gasteiger partial charge < -0.3 is 9.64 Å². The number of carbonyl (C=O) groups excluding carboxylic acids is 1. The zero-order chi connectivity index (χ0) is 17.2. The largest absolute Gasteiger partial charge is 0.495 e. The van der Waals surface area contributed by atoms with Gasteiger partial charge in [0, 0.05) is 18.7 Å². The Balaban J connectivity index is 1.80. The van der Waals surface area contributed by atoms with Gasteiger partial charge in [0.15, 0.2) is 0 Å². The van der Waals surface area contributed by atoms with Crippen LogP contribution in [0.3, 0.4) is 0 Å². The second-order valence-corrected chi connectivity index (χ2v) is 7.16. The van der Waals surface area contributed by atoms with Crippen molar-refractivity contribution in [2.75, 3.05) is 24.9 Å². The molecule has 0 aromatic heterocycles. The molecule has 126 valence electrons. The molecule has 0 radical (unpaired) electrons. The van der Waals surface area contributed by atoms with Crippen LogP contribution in [0.4, 0.5) is 5.69 Å². The molecule has 6 nitrogen and oxygen atoms in total. The summed E-state index contributed by atoms with van der Waals surface area (Å²) >= 11 is 0. The van der Waals surface area contributed by atoms with Crippen molar-refractivity contribution in [3.8, 4) is 5.75 Å². The lowest BCUT2D eigenvalue weighted by Crippen LogP contribution is -2.42. The predicted molar refractivity (Wildman–Crippen MR) is 90.8 cm³/mol. The van der Waals surface area contributed by atoms with Gasteiger partial charge >= 0.3 is 0 Å². The minimum Gasteiger partial charge on any atom is -0.495 e. The number of benzene rings is 2. The summed E-state index contributed by atoms with van der Waals surface area (Å²) in [6.45, 7) is 1.52. The average Bonchev–Trinajstić information content (AvgIpc) is 2.53. The number of ether oxygens (including phenoxy) is 1. The van der Waals surface area contributed by atoms with Gasteiger partial charge in [-0.3, -0.25) is 9.52 Å². The molecule has 1 aliphatic heterocycles. The highest BCUT2D eigenvalue weighted by molar-refractivity contribution is 7.92. The van der Waals surface area contributed by atoms with Crippen molar-refractivity contribution in [2.24, 2.45) is 0 Å². The molecule has 1 heterocycles. The summed E-state index contributed by atoms with van der Waals surface area (Å²) in [4.78, 5) is 13.9. The van der Waals surface area contributed by atoms with E-state index in [0.29, 0.717) is 17.0 Å². The van der Waals surface area contributed by atoms with Crippen LogP contribution in [0.5, 0.6) is 5.75 Å². The van der Waals surface area contributed by atoms with Crippen LogP contribution in [-0.4, -0.2) is 39.4 Å². The molecule has 1 aliphatic rings. The quantitative estimate of drug-likeness (QED) is 0.902. The number of hydrogen-bond acceptors (Lipinski definition) is 4. The molecule has 0 spiro atoms. The second kappa shape index (κ2) is 6.52. The molecular weight excluding hydrogens is 328 g/mol. The lowest BCUT2D eigenvalue weighted by molar-refractivity contribution is 0.0651. The third kappa shape index (κ3) is 3.21. The third-order valence-corrected chi connectivity index (χ3v) is 5.29. The Morgan fingerprint density at radius 3 is 2.33 bits per heavy atom. The summed E-state index contributed by atoms with van der Waals surface area (Å²) in [6, 6.07) is 12.7. The molecule has 0 saturated carbocycles. The van der Waals surface area contributed by atoms with Crippen molar-refractivity contribution in [2.45, 2.75) is 11.3 Å². The Labute approximate surface area is 141 Å². The Bertz CT molecular complexity index is 843. The van der Waals surface area contributed by atoms with Crippen molar-refractivity contribution < 1.29 is 17.9 Å². The van der Waals surface area contributed by atoms with Gasteiger partial charge in [0.1, 0.15) is 5.75 Å². The highest BCUT2D eigenvalue weighted by Gasteiger charge is 2.22. The normalized spacial score (nSPS) is 14.0. The molecule has 1 saturated heterocycles. The number of nitrogens with zero attached hydrogens (tertiary/aromatic N) is 1. The van der Waals surface area contributed by atoms with E-state index in [-0.39, 0.29) is 10.8 Å². The first-order valence-electron chi connectivity index (χ1n) is 7.56. The number of hydrogen-bond donors (Lipinski definition) is 1. The van der Waals surface area contributed by atoms with Gasteiger partial charge in [-0.15, -0.1) is 0 Å². The molecule has 3 rings (SSSR count). The van der Waals surface area contributed by atoms with E-state index < -0.39 is 10.0 Å². The van der Waals surface area contributed by atoms with Gasteiger partial charge in [-0.25, -0.2) is 8.42 Å². The van der Waals surface area contributed by atoms with Crippen LogP contribution in [0.25, 0.3) is 0 Å². The molecular formula is C17H18N2O4S. The fourth-order valence-electron chi connectivity index (χ4n) is 2.41. The fourth-order valence-corrected chi connectivity index (χ4v) is 3.48. The summed E-state index contributed by atoms with van der Waals surface area (Å²) < 4.78 is 32.6. The van der Waals surface area contributed by atoms with Crippen LogP contribution < -0.4 is 9.46 Å². The molecule has 1 fully saturated rings. The molecule has 1 amide bonds. The van der Waals surface area contributed by atoms with Crippen LogP contribution in [-0.2, 0) is 10.0 Å². The first-order chi connectivity index (χ1) is 11.5. The van der Waals surface area contributed by atoms with E-state index in [0.717, 1.165) is 19.5 Å². The number of para-hydroxylation sites is 2. The topological polar surface area (TPSA) is 75.7 Å². The van der Waals surface area contributed by atoms with Crippen LogP contribution in [0.1, 0.15) is 16.8 Å². The van der Waals surface area contributed by atoms with Gasteiger partial charge in [-0.2, -0.15) is 0 Å². The average molecular weight is 346 g/mol. The zero-order valence-electron chi connectivity index (χ0n) is 13.2. The monoisotopic (exact) mass is 346 g/mol. The predicted octanol–water partition coefficient (Wildman–Crippen LogP) is 2.34. The summed E-state index contributed by atoms with van der Waals surface area (Å²) in [7, 11) is -2.28. The molecule has 2 aromatic carbocycles. The molecule has 0 bridgehead atoms. The second-order valence-electron chi connectivity index (χ2n) is 5.48. The smallest absolute Gasteiger partial charge is 0.262 e. The lowest BCUT2D eigenvalue weighted by Gasteiger charge is -2.30. The lowest BCUT2D eigenvalue weighted by atomic mass is 10.1. The number of sulfonamides is 1. The maximum atomic E-state index is 12.5. The van der Waals surface area contributed by atoms with E-state index in [9.17, 15) is 13.2 Å². The van der Waals surface area contributed by atoms with Crippen molar-refractivity contribution in [3.05, 3.63) is 54.1 Å². The van der Waals surface area contributed by atoms with E-state index >= 15 is 0 Å². The Hall–Kier alpha value is -2.54. The number of carbonyl (C=O) groups is 1. The molecule has 0 atom stereocenters. The van der Waals surface area contributed by atoms with E-state index in [4.69, 9.17) is 4.74 Å². The number of nitrogens with one attached hydrogen (secondary N) is 1. The maximum Gasteiger partial charge on any atom is 0.262 e. The van der Waals surface area contributed by atoms with Crippen molar-refractivity contribution in [1.29, 1.82) is 0 Å². The van der Waals surface area contributed by atoms with Crippen LogP contribution in [0.2, 0.25) is 0 Å². The van der Waals surface area contributed by atoms with Gasteiger partial charge in [0.25, 0.3) is 15.9 Å². The summed E-state index contributed by atoms with van der Waals surface area (Å²) in [5, 5.41) is 0. The minimum absolute atomic E-state index is 0.0668. The first-order valence-corrected chi connectivity index (χ1v) is 9.05. The first kappa shape index (κ1) is 16.3. The van der Waals surface area contributed by atoms with Gasteiger partial charge in [0.2, 0.25) is 0 Å². The summed E-state index contributed by atoms with van der Waals surface area (Å²) in [5.74, 6) is 0.369. The van der Waals surface area contributed by atoms with Gasteiger partial charge in [-0.1, -0.05) is 12.1 Å². The number of rotatable bonds is 5. The highest BCUT2D eigenvalue weighted by atomic mass is 32.2. The number of methoxy groups -OCH3 is 1.